The summed E-state index contributed by atoms with van der Waals surface area (Å²) < 4.78 is 5.77. The van der Waals surface area contributed by atoms with Gasteiger partial charge in [0.05, 0.1) is 5.69 Å². The molecule has 6 nitrogen and oxygen atoms in total. The smallest absolute Gasteiger partial charge is 0.339 e. The highest BCUT2D eigenvalue weighted by molar-refractivity contribution is 6.06. The Labute approximate surface area is 155 Å². The number of hydrogen-bond acceptors (Lipinski definition) is 4. The summed E-state index contributed by atoms with van der Waals surface area (Å²) in [7, 11) is 0. The molecule has 0 aromatic heterocycles. The van der Waals surface area contributed by atoms with Gasteiger partial charge in [-0.2, -0.15) is 0 Å². The van der Waals surface area contributed by atoms with Gasteiger partial charge in [0.15, 0.2) is 5.75 Å². The van der Waals surface area contributed by atoms with Gasteiger partial charge >= 0.3 is 5.97 Å². The molecule has 0 atom stereocenters. The highest BCUT2D eigenvalue weighted by atomic mass is 16.5. The van der Waals surface area contributed by atoms with Crippen LogP contribution >= 0.6 is 0 Å². The predicted molar refractivity (Wildman–Crippen MR) is 101 cm³/mol. The third-order valence-corrected chi connectivity index (χ3v) is 3.84. The minimum absolute atomic E-state index is 0.0184. The first-order valence-corrected chi connectivity index (χ1v) is 8.15. The third-order valence-electron chi connectivity index (χ3n) is 3.84. The van der Waals surface area contributed by atoms with Crippen molar-refractivity contribution in [2.45, 2.75) is 6.92 Å². The minimum Gasteiger partial charge on any atom is -0.505 e. The summed E-state index contributed by atoms with van der Waals surface area (Å²) in [4.78, 5) is 23.6. The lowest BCUT2D eigenvalue weighted by Gasteiger charge is -2.11. The molecule has 0 heterocycles. The number of aryl methyl sites for hydroxylation is 1. The van der Waals surface area contributed by atoms with Crippen molar-refractivity contribution in [2.75, 3.05) is 5.32 Å². The monoisotopic (exact) mass is 363 g/mol. The molecular weight excluding hydrogens is 346 g/mol. The molecule has 3 aromatic carbocycles. The molecule has 0 bridgehead atoms. The van der Waals surface area contributed by atoms with Crippen molar-refractivity contribution in [2.24, 2.45) is 0 Å². The molecule has 6 heteroatoms. The molecule has 0 saturated carbocycles. The van der Waals surface area contributed by atoms with Crippen molar-refractivity contribution >= 4 is 17.6 Å². The second kappa shape index (κ2) is 7.61. The van der Waals surface area contributed by atoms with E-state index in [1.807, 2.05) is 31.2 Å². The molecule has 3 rings (SSSR count). The van der Waals surface area contributed by atoms with E-state index in [1.165, 1.54) is 18.2 Å². The van der Waals surface area contributed by atoms with Crippen LogP contribution in [-0.4, -0.2) is 22.1 Å². The van der Waals surface area contributed by atoms with Crippen molar-refractivity contribution in [1.82, 2.24) is 0 Å². The maximum atomic E-state index is 12.5. The normalized spacial score (nSPS) is 10.3. The number of carbonyl (C=O) groups excluding carboxylic acids is 1. The molecule has 0 radical (unpaired) electrons. The van der Waals surface area contributed by atoms with E-state index in [0.29, 0.717) is 17.1 Å². The van der Waals surface area contributed by atoms with E-state index in [0.717, 1.165) is 5.56 Å². The number of aromatic carboxylic acids is 1. The van der Waals surface area contributed by atoms with Crippen LogP contribution in [0.5, 0.6) is 17.2 Å². The first-order chi connectivity index (χ1) is 12.9. The second-order valence-electron chi connectivity index (χ2n) is 5.91. The van der Waals surface area contributed by atoms with Gasteiger partial charge in [-0.1, -0.05) is 24.3 Å². The fraction of sp³-hybridized carbons (Fsp3) is 0.0476. The molecule has 0 aliphatic rings. The molecule has 0 spiro atoms. The van der Waals surface area contributed by atoms with E-state index < -0.39 is 17.6 Å². The predicted octanol–water partition coefficient (Wildman–Crippen LogP) is 4.44. The third kappa shape index (κ3) is 4.24. The Hall–Kier alpha value is -3.80. The zero-order chi connectivity index (χ0) is 19.4. The zero-order valence-corrected chi connectivity index (χ0v) is 14.5. The number of phenols is 1. The number of para-hydroxylation sites is 1. The molecule has 1 amide bonds. The Morgan fingerprint density at radius 1 is 0.926 bits per heavy atom. The first kappa shape index (κ1) is 18.0. The number of anilines is 1. The molecule has 0 aliphatic carbocycles. The van der Waals surface area contributed by atoms with Gasteiger partial charge in [0, 0.05) is 5.56 Å². The Morgan fingerprint density at radius 3 is 2.30 bits per heavy atom. The largest absolute Gasteiger partial charge is 0.505 e. The van der Waals surface area contributed by atoms with E-state index in [-0.39, 0.29) is 11.3 Å². The highest BCUT2D eigenvalue weighted by Gasteiger charge is 2.15. The minimum atomic E-state index is -1.28. The number of nitrogens with one attached hydrogen (secondary N) is 1. The summed E-state index contributed by atoms with van der Waals surface area (Å²) in [6, 6.07) is 18.2. The summed E-state index contributed by atoms with van der Waals surface area (Å²) in [5, 5.41) is 21.6. The van der Waals surface area contributed by atoms with Gasteiger partial charge in [-0.3, -0.25) is 4.79 Å². The fourth-order valence-corrected chi connectivity index (χ4v) is 2.53. The highest BCUT2D eigenvalue weighted by Crippen LogP contribution is 2.28. The lowest BCUT2D eigenvalue weighted by Crippen LogP contribution is -2.12. The number of rotatable bonds is 5. The van der Waals surface area contributed by atoms with Crippen molar-refractivity contribution < 1.29 is 24.5 Å². The lowest BCUT2D eigenvalue weighted by molar-refractivity contribution is 0.0693. The average molecular weight is 363 g/mol. The van der Waals surface area contributed by atoms with Gasteiger partial charge in [-0.25, -0.2) is 4.79 Å². The van der Waals surface area contributed by atoms with Crippen LogP contribution in [0.3, 0.4) is 0 Å². The number of carboxylic acid groups (broad SMARTS) is 1. The van der Waals surface area contributed by atoms with Crippen molar-refractivity contribution in [3.05, 3.63) is 83.4 Å². The Bertz CT molecular complexity index is 1010. The van der Waals surface area contributed by atoms with E-state index in [1.54, 1.807) is 24.3 Å². The Balaban J connectivity index is 1.80. The summed E-state index contributed by atoms with van der Waals surface area (Å²) >= 11 is 0. The maximum Gasteiger partial charge on any atom is 0.339 e. The summed E-state index contributed by atoms with van der Waals surface area (Å²) in [6.45, 7) is 1.95. The topological polar surface area (TPSA) is 95.9 Å². The first-order valence-electron chi connectivity index (χ1n) is 8.15. The number of benzene rings is 3. The van der Waals surface area contributed by atoms with Gasteiger partial charge < -0.3 is 20.3 Å². The van der Waals surface area contributed by atoms with Crippen molar-refractivity contribution in [1.29, 1.82) is 0 Å². The molecule has 3 aromatic rings. The van der Waals surface area contributed by atoms with Crippen LogP contribution < -0.4 is 10.1 Å². The van der Waals surface area contributed by atoms with Crippen LogP contribution in [0.15, 0.2) is 66.7 Å². The molecule has 3 N–H and O–H groups in total. The van der Waals surface area contributed by atoms with E-state index in [9.17, 15) is 14.7 Å². The summed E-state index contributed by atoms with van der Waals surface area (Å²) in [5.41, 5.74) is 1.09. The molecular formula is C21H17NO5. The molecule has 0 aliphatic heterocycles. The van der Waals surface area contributed by atoms with Crippen LogP contribution in [0.4, 0.5) is 5.69 Å². The molecule has 0 unspecified atom stereocenters. The number of carboxylic acids is 1. The van der Waals surface area contributed by atoms with Crippen LogP contribution in [0.1, 0.15) is 26.3 Å². The lowest BCUT2D eigenvalue weighted by atomic mass is 10.1. The average Bonchev–Trinajstić information content (AvgIpc) is 2.63. The number of amides is 1. The zero-order valence-electron chi connectivity index (χ0n) is 14.5. The maximum absolute atomic E-state index is 12.5. The van der Waals surface area contributed by atoms with Crippen LogP contribution in [0.25, 0.3) is 0 Å². The summed E-state index contributed by atoms with van der Waals surface area (Å²) in [5.74, 6) is -1.14. The van der Waals surface area contributed by atoms with Gasteiger partial charge in [0.2, 0.25) is 0 Å². The number of carbonyl (C=O) groups is 2. The second-order valence-corrected chi connectivity index (χ2v) is 5.91. The van der Waals surface area contributed by atoms with Gasteiger partial charge in [-0.15, -0.1) is 0 Å². The molecule has 136 valence electrons. The number of aromatic hydroxyl groups is 1. The van der Waals surface area contributed by atoms with E-state index >= 15 is 0 Å². The molecule has 0 saturated heterocycles. The molecule has 27 heavy (non-hydrogen) atoms. The van der Waals surface area contributed by atoms with Gasteiger partial charge in [-0.05, 0) is 55.0 Å². The SMILES string of the molecule is Cc1cccc(Oc2cccc(C(=O)Nc3cccc(C(=O)O)c3O)c2)c1. The van der Waals surface area contributed by atoms with Crippen LogP contribution in [-0.2, 0) is 0 Å². The van der Waals surface area contributed by atoms with Crippen molar-refractivity contribution in [3.63, 3.8) is 0 Å². The van der Waals surface area contributed by atoms with Gasteiger partial charge in [0.25, 0.3) is 5.91 Å². The number of hydrogen-bond donors (Lipinski definition) is 3. The van der Waals surface area contributed by atoms with E-state index in [2.05, 4.69) is 5.32 Å². The fourth-order valence-electron chi connectivity index (χ4n) is 2.53. The Kier molecular flexibility index (Phi) is 5.08. The van der Waals surface area contributed by atoms with Gasteiger partial charge in [0.1, 0.15) is 17.1 Å². The standard InChI is InChI=1S/C21H17NO5/c1-13-5-2-7-15(11-13)27-16-8-3-6-14(12-16)20(24)22-18-10-4-9-17(19(18)23)21(25)26/h2-12,23H,1H3,(H,22,24)(H,25,26). The summed E-state index contributed by atoms with van der Waals surface area (Å²) in [6.07, 6.45) is 0. The van der Waals surface area contributed by atoms with Crippen LogP contribution in [0, 0.1) is 6.92 Å². The van der Waals surface area contributed by atoms with Crippen LogP contribution in [0.2, 0.25) is 0 Å². The number of ether oxygens (including phenoxy) is 1. The quantitative estimate of drug-likeness (QED) is 0.582. The van der Waals surface area contributed by atoms with Crippen molar-refractivity contribution in [3.8, 4) is 17.2 Å². The Morgan fingerprint density at radius 2 is 1.59 bits per heavy atom. The van der Waals surface area contributed by atoms with E-state index in [4.69, 9.17) is 9.84 Å². The molecule has 0 fully saturated rings.